The third-order valence-corrected chi connectivity index (χ3v) is 5.76. The van der Waals surface area contributed by atoms with Gasteiger partial charge in [-0.05, 0) is 30.3 Å². The Morgan fingerprint density at radius 3 is 2.90 bits per heavy atom. The fourth-order valence-corrected chi connectivity index (χ4v) is 4.10. The third-order valence-electron chi connectivity index (χ3n) is 4.48. The number of amidine groups is 1. The average Bonchev–Trinajstić information content (AvgIpc) is 3.19. The standard InChI is InChI=1S/C19H17ClFN5O2S/c20-14-7-6-11(21)8-15(14)23-16(27)10-29-19-24-17-13(9-22-25-17)18(28)26(19)12-4-2-1-3-5-12/h1-8,13,17,22,25H,9-10H2,(H,23,27). The third kappa shape index (κ3) is 4.27. The molecule has 7 nitrogen and oxygen atoms in total. The SMILES string of the molecule is O=C(CSC1=NC2NNCC2C(=O)N1c1ccccc1)Nc1cc(F)ccc1Cl. The lowest BCUT2D eigenvalue weighted by Gasteiger charge is -2.32. The lowest BCUT2D eigenvalue weighted by molar-refractivity contribution is -0.121. The van der Waals surface area contributed by atoms with E-state index in [-0.39, 0.29) is 40.4 Å². The topological polar surface area (TPSA) is 85.8 Å². The Morgan fingerprint density at radius 2 is 2.10 bits per heavy atom. The Balaban J connectivity index is 1.51. The number of fused-ring (bicyclic) bond motifs is 1. The predicted octanol–water partition coefficient (Wildman–Crippen LogP) is 2.60. The van der Waals surface area contributed by atoms with Crippen molar-refractivity contribution in [3.8, 4) is 0 Å². The number of benzene rings is 2. The molecule has 0 spiro atoms. The number of hydrogen-bond donors (Lipinski definition) is 3. The molecule has 0 radical (unpaired) electrons. The van der Waals surface area contributed by atoms with Crippen LogP contribution in [0.2, 0.25) is 5.02 Å². The highest BCUT2D eigenvalue weighted by molar-refractivity contribution is 8.14. The highest BCUT2D eigenvalue weighted by Gasteiger charge is 2.42. The minimum absolute atomic E-state index is 0.0207. The summed E-state index contributed by atoms with van der Waals surface area (Å²) in [6.45, 7) is 0.479. The number of aliphatic imine (C=N–C) groups is 1. The summed E-state index contributed by atoms with van der Waals surface area (Å²) in [5.74, 6) is -1.32. The van der Waals surface area contributed by atoms with Crippen LogP contribution in [0, 0.1) is 11.7 Å². The first kappa shape index (κ1) is 19.8. The van der Waals surface area contributed by atoms with Gasteiger partial charge in [0.1, 0.15) is 12.0 Å². The van der Waals surface area contributed by atoms with Gasteiger partial charge in [0.25, 0.3) is 0 Å². The molecule has 10 heteroatoms. The molecule has 3 N–H and O–H groups in total. The number of rotatable bonds is 4. The molecule has 1 fully saturated rings. The van der Waals surface area contributed by atoms with Crippen LogP contribution in [0.15, 0.2) is 53.5 Å². The van der Waals surface area contributed by atoms with E-state index in [0.717, 1.165) is 17.8 Å². The maximum Gasteiger partial charge on any atom is 0.241 e. The average molecular weight is 434 g/mol. The van der Waals surface area contributed by atoms with Gasteiger partial charge in [-0.15, -0.1) is 0 Å². The number of nitrogens with zero attached hydrogens (tertiary/aromatic N) is 2. The van der Waals surface area contributed by atoms with Gasteiger partial charge in [-0.25, -0.2) is 14.8 Å². The zero-order chi connectivity index (χ0) is 20.4. The number of thioether (sulfide) groups is 1. The summed E-state index contributed by atoms with van der Waals surface area (Å²) in [5.41, 5.74) is 6.81. The van der Waals surface area contributed by atoms with Crippen LogP contribution in [0.4, 0.5) is 15.8 Å². The van der Waals surface area contributed by atoms with E-state index < -0.39 is 5.82 Å². The largest absolute Gasteiger partial charge is 0.324 e. The molecule has 2 amide bonds. The molecular weight excluding hydrogens is 417 g/mol. The minimum Gasteiger partial charge on any atom is -0.324 e. The normalized spacial score (nSPS) is 21.0. The molecule has 0 aromatic heterocycles. The van der Waals surface area contributed by atoms with Crippen molar-refractivity contribution in [3.63, 3.8) is 0 Å². The molecule has 2 unspecified atom stereocenters. The second-order valence-corrected chi connectivity index (χ2v) is 7.81. The molecule has 2 heterocycles. The van der Waals surface area contributed by atoms with Crippen molar-refractivity contribution in [2.45, 2.75) is 6.17 Å². The van der Waals surface area contributed by atoms with Crippen LogP contribution < -0.4 is 21.1 Å². The molecule has 2 aromatic carbocycles. The molecule has 29 heavy (non-hydrogen) atoms. The van der Waals surface area contributed by atoms with E-state index in [4.69, 9.17) is 11.6 Å². The van der Waals surface area contributed by atoms with Gasteiger partial charge in [0, 0.05) is 6.54 Å². The van der Waals surface area contributed by atoms with E-state index in [1.807, 2.05) is 30.3 Å². The van der Waals surface area contributed by atoms with Crippen LogP contribution in [0.25, 0.3) is 0 Å². The van der Waals surface area contributed by atoms with Crippen molar-refractivity contribution in [2.75, 3.05) is 22.5 Å². The number of anilines is 2. The summed E-state index contributed by atoms with van der Waals surface area (Å²) < 4.78 is 13.4. The van der Waals surface area contributed by atoms with E-state index >= 15 is 0 Å². The van der Waals surface area contributed by atoms with Crippen LogP contribution in [0.3, 0.4) is 0 Å². The van der Waals surface area contributed by atoms with Crippen molar-refractivity contribution in [3.05, 3.63) is 59.4 Å². The Labute approximate surface area is 175 Å². The van der Waals surface area contributed by atoms with Gasteiger partial charge in [-0.2, -0.15) is 0 Å². The smallest absolute Gasteiger partial charge is 0.241 e. The van der Waals surface area contributed by atoms with Crippen molar-refractivity contribution in [1.82, 2.24) is 10.9 Å². The number of para-hydroxylation sites is 1. The van der Waals surface area contributed by atoms with Gasteiger partial charge in [0.2, 0.25) is 11.8 Å². The molecule has 0 saturated carbocycles. The van der Waals surface area contributed by atoms with Gasteiger partial charge >= 0.3 is 0 Å². The van der Waals surface area contributed by atoms with Gasteiger partial charge in [-0.3, -0.25) is 19.9 Å². The van der Waals surface area contributed by atoms with Crippen LogP contribution in [0.1, 0.15) is 0 Å². The van der Waals surface area contributed by atoms with Crippen molar-refractivity contribution >= 4 is 51.7 Å². The van der Waals surface area contributed by atoms with Crippen LogP contribution in [0.5, 0.6) is 0 Å². The first-order valence-corrected chi connectivity index (χ1v) is 10.2. The molecule has 150 valence electrons. The summed E-state index contributed by atoms with van der Waals surface area (Å²) in [6.07, 6.45) is -0.384. The van der Waals surface area contributed by atoms with Crippen LogP contribution >= 0.6 is 23.4 Å². The first-order chi connectivity index (χ1) is 14.0. The van der Waals surface area contributed by atoms with Gasteiger partial charge in [0.15, 0.2) is 5.17 Å². The van der Waals surface area contributed by atoms with Crippen molar-refractivity contribution in [1.29, 1.82) is 0 Å². The van der Waals surface area contributed by atoms with E-state index in [2.05, 4.69) is 21.2 Å². The number of hydrazine groups is 1. The Hall–Kier alpha value is -2.46. The number of amides is 2. The number of nitrogens with one attached hydrogen (secondary N) is 3. The van der Waals surface area contributed by atoms with E-state index in [1.165, 1.54) is 17.0 Å². The van der Waals surface area contributed by atoms with Gasteiger partial charge in [0.05, 0.1) is 28.1 Å². The van der Waals surface area contributed by atoms with Crippen molar-refractivity contribution < 1.29 is 14.0 Å². The van der Waals surface area contributed by atoms with E-state index in [0.29, 0.717) is 17.4 Å². The second kappa shape index (κ2) is 8.50. The first-order valence-electron chi connectivity index (χ1n) is 8.86. The van der Waals surface area contributed by atoms with Gasteiger partial charge < -0.3 is 5.32 Å². The summed E-state index contributed by atoms with van der Waals surface area (Å²) in [7, 11) is 0. The molecule has 2 aliphatic rings. The highest BCUT2D eigenvalue weighted by atomic mass is 35.5. The minimum atomic E-state index is -0.499. The fraction of sp³-hybridized carbons (Fsp3) is 0.211. The zero-order valence-corrected chi connectivity index (χ0v) is 16.6. The molecule has 2 aliphatic heterocycles. The number of carbonyl (C=O) groups is 2. The Morgan fingerprint density at radius 1 is 1.31 bits per heavy atom. The molecule has 2 atom stereocenters. The highest BCUT2D eigenvalue weighted by Crippen LogP contribution is 2.29. The maximum absolute atomic E-state index is 13.4. The lowest BCUT2D eigenvalue weighted by Crippen LogP contribution is -2.49. The lowest BCUT2D eigenvalue weighted by atomic mass is 10.1. The molecule has 0 aliphatic carbocycles. The summed E-state index contributed by atoms with van der Waals surface area (Å²) in [4.78, 5) is 31.5. The fourth-order valence-electron chi connectivity index (χ4n) is 3.09. The molecule has 0 bridgehead atoms. The summed E-state index contributed by atoms with van der Waals surface area (Å²) in [6, 6.07) is 12.9. The number of carbonyl (C=O) groups excluding carboxylic acids is 2. The maximum atomic E-state index is 13.4. The molecule has 1 saturated heterocycles. The number of hydrogen-bond acceptors (Lipinski definition) is 6. The monoisotopic (exact) mass is 433 g/mol. The van der Waals surface area contributed by atoms with E-state index in [1.54, 1.807) is 0 Å². The predicted molar refractivity (Wildman–Crippen MR) is 112 cm³/mol. The quantitative estimate of drug-likeness (QED) is 0.690. The second-order valence-electron chi connectivity index (χ2n) is 6.46. The summed E-state index contributed by atoms with van der Waals surface area (Å²) in [5, 5.41) is 3.24. The molecular formula is C19H17ClFN5O2S. The molecule has 4 rings (SSSR count). The molecule has 2 aromatic rings. The summed E-state index contributed by atoms with van der Waals surface area (Å²) >= 11 is 7.12. The van der Waals surface area contributed by atoms with Crippen LogP contribution in [-0.4, -0.2) is 35.4 Å². The zero-order valence-electron chi connectivity index (χ0n) is 15.1. The van der Waals surface area contributed by atoms with E-state index in [9.17, 15) is 14.0 Å². The van der Waals surface area contributed by atoms with Crippen LogP contribution in [-0.2, 0) is 9.59 Å². The Kier molecular flexibility index (Phi) is 5.81. The van der Waals surface area contributed by atoms with Crippen molar-refractivity contribution in [2.24, 2.45) is 10.9 Å². The Bertz CT molecular complexity index is 974. The van der Waals surface area contributed by atoms with Gasteiger partial charge in [-0.1, -0.05) is 41.6 Å². The number of halogens is 2.